The van der Waals surface area contributed by atoms with Gasteiger partial charge < -0.3 is 9.47 Å². The van der Waals surface area contributed by atoms with Crippen molar-refractivity contribution in [2.75, 3.05) is 14.2 Å². The number of rotatable bonds is 6. The van der Waals surface area contributed by atoms with Crippen LogP contribution in [0.2, 0.25) is 0 Å². The predicted molar refractivity (Wildman–Crippen MR) is 93.0 cm³/mol. The Labute approximate surface area is 145 Å². The highest BCUT2D eigenvalue weighted by molar-refractivity contribution is 8.05. The van der Waals surface area contributed by atoms with E-state index in [4.69, 9.17) is 21.1 Å². The van der Waals surface area contributed by atoms with Crippen molar-refractivity contribution in [1.82, 2.24) is 0 Å². The van der Waals surface area contributed by atoms with Gasteiger partial charge in [0.1, 0.15) is 11.5 Å². The van der Waals surface area contributed by atoms with Crippen LogP contribution < -0.4 is 9.47 Å². The number of hydrogen-bond donors (Lipinski definition) is 0. The van der Waals surface area contributed by atoms with E-state index in [1.165, 1.54) is 19.2 Å². The molecule has 0 heterocycles. The Morgan fingerprint density at radius 1 is 0.957 bits per heavy atom. The van der Waals surface area contributed by atoms with Crippen LogP contribution in [0.5, 0.6) is 11.5 Å². The van der Waals surface area contributed by atoms with Crippen molar-refractivity contribution >= 4 is 33.2 Å². The molecule has 0 amide bonds. The Kier molecular flexibility index (Phi) is 5.98. The third-order valence-electron chi connectivity index (χ3n) is 2.91. The topological polar surface area (TPSA) is 52.6 Å². The maximum absolute atomic E-state index is 12.3. The Balaban J connectivity index is 2.16. The van der Waals surface area contributed by atoms with Gasteiger partial charge in [-0.3, -0.25) is 0 Å². The molecule has 0 saturated carbocycles. The number of methoxy groups -OCH3 is 2. The van der Waals surface area contributed by atoms with Gasteiger partial charge in [0.15, 0.2) is 0 Å². The minimum absolute atomic E-state index is 0.158. The molecule has 0 aliphatic carbocycles. The lowest BCUT2D eigenvalue weighted by atomic mass is 10.3. The van der Waals surface area contributed by atoms with Crippen LogP contribution in [-0.4, -0.2) is 22.6 Å². The largest absolute Gasteiger partial charge is 0.497 e. The molecular formula is C16H15ClO4S2. The molecule has 2 aromatic carbocycles. The molecule has 0 atom stereocenters. The van der Waals surface area contributed by atoms with Crippen molar-refractivity contribution in [3.05, 3.63) is 58.3 Å². The SMILES string of the molecule is COc1ccc(SC(Cl)=CS(=O)(=O)c2ccc(OC)cc2)cc1. The van der Waals surface area contributed by atoms with Crippen molar-refractivity contribution in [3.8, 4) is 11.5 Å². The van der Waals surface area contributed by atoms with E-state index in [0.29, 0.717) is 5.75 Å². The van der Waals surface area contributed by atoms with Gasteiger partial charge in [-0.2, -0.15) is 0 Å². The maximum atomic E-state index is 12.3. The van der Waals surface area contributed by atoms with Crippen LogP contribution in [0.3, 0.4) is 0 Å². The average molecular weight is 371 g/mol. The van der Waals surface area contributed by atoms with Gasteiger partial charge in [0, 0.05) is 4.90 Å². The van der Waals surface area contributed by atoms with Crippen LogP contribution in [0.1, 0.15) is 0 Å². The fraction of sp³-hybridized carbons (Fsp3) is 0.125. The monoisotopic (exact) mass is 370 g/mol. The fourth-order valence-electron chi connectivity index (χ4n) is 1.74. The van der Waals surface area contributed by atoms with E-state index in [2.05, 4.69) is 0 Å². The van der Waals surface area contributed by atoms with Gasteiger partial charge in [-0.15, -0.1) is 0 Å². The van der Waals surface area contributed by atoms with E-state index in [0.717, 1.165) is 27.8 Å². The Bertz CT molecular complexity index is 782. The van der Waals surface area contributed by atoms with Crippen LogP contribution in [0.4, 0.5) is 0 Å². The highest BCUT2D eigenvalue weighted by Gasteiger charge is 2.13. The second-order valence-corrected chi connectivity index (χ2v) is 7.96. The lowest BCUT2D eigenvalue weighted by Crippen LogP contribution is -1.96. The summed E-state index contributed by atoms with van der Waals surface area (Å²) in [7, 11) is -0.513. The van der Waals surface area contributed by atoms with Gasteiger partial charge in [-0.25, -0.2) is 8.42 Å². The molecule has 0 saturated heterocycles. The van der Waals surface area contributed by atoms with Gasteiger partial charge in [-0.05, 0) is 48.5 Å². The molecule has 0 N–H and O–H groups in total. The summed E-state index contributed by atoms with van der Waals surface area (Å²) in [6, 6.07) is 13.3. The summed E-state index contributed by atoms with van der Waals surface area (Å²) in [6.07, 6.45) is 0. The molecule has 0 aliphatic rings. The molecule has 0 aliphatic heterocycles. The van der Waals surface area contributed by atoms with Gasteiger partial charge in [0.2, 0.25) is 9.84 Å². The van der Waals surface area contributed by atoms with Crippen molar-refractivity contribution in [3.63, 3.8) is 0 Å². The van der Waals surface area contributed by atoms with Crippen LogP contribution in [0.25, 0.3) is 0 Å². The van der Waals surface area contributed by atoms with Crippen LogP contribution in [-0.2, 0) is 9.84 Å². The number of hydrogen-bond acceptors (Lipinski definition) is 5. The molecule has 0 aromatic heterocycles. The normalized spacial score (nSPS) is 12.0. The summed E-state index contributed by atoms with van der Waals surface area (Å²) in [5, 5.41) is 1.05. The van der Waals surface area contributed by atoms with Gasteiger partial charge >= 0.3 is 0 Å². The second-order valence-electron chi connectivity index (χ2n) is 4.42. The molecule has 0 bridgehead atoms. The molecule has 2 rings (SSSR count). The van der Waals surface area contributed by atoms with Crippen LogP contribution in [0, 0.1) is 0 Å². The van der Waals surface area contributed by atoms with E-state index < -0.39 is 9.84 Å². The standard InChI is InChI=1S/C16H15ClO4S2/c1-20-12-3-7-14(8-4-12)22-16(17)11-23(18,19)15-9-5-13(21-2)6-10-15/h3-11H,1-2H3. The maximum Gasteiger partial charge on any atom is 0.201 e. The fourth-order valence-corrected chi connectivity index (χ4v) is 4.32. The van der Waals surface area contributed by atoms with Crippen LogP contribution in [0.15, 0.2) is 68.1 Å². The van der Waals surface area contributed by atoms with E-state index in [1.54, 1.807) is 43.5 Å². The molecule has 7 heteroatoms. The van der Waals surface area contributed by atoms with E-state index in [9.17, 15) is 8.42 Å². The van der Waals surface area contributed by atoms with Crippen molar-refractivity contribution in [1.29, 1.82) is 0 Å². The van der Waals surface area contributed by atoms with Crippen molar-refractivity contribution < 1.29 is 17.9 Å². The van der Waals surface area contributed by atoms with Gasteiger partial charge in [-0.1, -0.05) is 23.4 Å². The Hall–Kier alpha value is -1.63. The smallest absolute Gasteiger partial charge is 0.201 e. The highest BCUT2D eigenvalue weighted by Crippen LogP contribution is 2.32. The minimum Gasteiger partial charge on any atom is -0.497 e. The van der Waals surface area contributed by atoms with Gasteiger partial charge in [0.25, 0.3) is 0 Å². The number of benzene rings is 2. The van der Waals surface area contributed by atoms with E-state index >= 15 is 0 Å². The average Bonchev–Trinajstić information content (AvgIpc) is 2.55. The molecular weight excluding hydrogens is 356 g/mol. The van der Waals surface area contributed by atoms with Gasteiger partial charge in [0.05, 0.1) is 28.9 Å². The second kappa shape index (κ2) is 7.77. The summed E-state index contributed by atoms with van der Waals surface area (Å²) in [6.45, 7) is 0. The number of thioether (sulfide) groups is 1. The summed E-state index contributed by atoms with van der Waals surface area (Å²) < 4.78 is 34.8. The molecule has 0 spiro atoms. The first-order valence-electron chi connectivity index (χ1n) is 6.53. The first-order valence-corrected chi connectivity index (χ1v) is 9.27. The zero-order chi connectivity index (χ0) is 16.9. The lowest BCUT2D eigenvalue weighted by molar-refractivity contribution is 0.414. The Morgan fingerprint density at radius 3 is 1.91 bits per heavy atom. The molecule has 4 nitrogen and oxygen atoms in total. The summed E-state index contributed by atoms with van der Waals surface area (Å²) in [5.74, 6) is 1.31. The quantitative estimate of drug-likeness (QED) is 0.709. The molecule has 2 aromatic rings. The molecule has 122 valence electrons. The first kappa shape index (κ1) is 17.7. The first-order chi connectivity index (χ1) is 10.9. The number of sulfone groups is 1. The predicted octanol–water partition coefficient (Wildman–Crippen LogP) is 4.31. The number of ether oxygens (including phenoxy) is 2. The van der Waals surface area contributed by atoms with E-state index in [1.807, 2.05) is 0 Å². The molecule has 0 unspecified atom stereocenters. The molecule has 0 fully saturated rings. The summed E-state index contributed by atoms with van der Waals surface area (Å²) in [4.78, 5) is 0.976. The third kappa shape index (κ3) is 4.92. The molecule has 0 radical (unpaired) electrons. The zero-order valence-corrected chi connectivity index (χ0v) is 14.9. The molecule has 23 heavy (non-hydrogen) atoms. The summed E-state index contributed by atoms with van der Waals surface area (Å²) >= 11 is 7.23. The van der Waals surface area contributed by atoms with Crippen molar-refractivity contribution in [2.24, 2.45) is 0 Å². The summed E-state index contributed by atoms with van der Waals surface area (Å²) in [5.41, 5.74) is 0. The minimum atomic E-state index is -3.61. The van der Waals surface area contributed by atoms with Crippen LogP contribution >= 0.6 is 23.4 Å². The lowest BCUT2D eigenvalue weighted by Gasteiger charge is -2.04. The highest BCUT2D eigenvalue weighted by atomic mass is 35.5. The zero-order valence-electron chi connectivity index (χ0n) is 12.5. The number of halogens is 1. The van der Waals surface area contributed by atoms with E-state index in [-0.39, 0.29) is 9.26 Å². The third-order valence-corrected chi connectivity index (χ3v) is 5.83. The van der Waals surface area contributed by atoms with Crippen molar-refractivity contribution in [2.45, 2.75) is 9.79 Å². The Morgan fingerprint density at radius 2 is 1.43 bits per heavy atom.